The lowest BCUT2D eigenvalue weighted by Gasteiger charge is -2.32. The second kappa shape index (κ2) is 11.5. The molecule has 5 rings (SSSR count). The average Bonchev–Trinajstić information content (AvgIpc) is 2.95. The van der Waals surface area contributed by atoms with Gasteiger partial charge in [-0.25, -0.2) is 0 Å². The van der Waals surface area contributed by atoms with Crippen molar-refractivity contribution in [2.75, 3.05) is 16.8 Å². The van der Waals surface area contributed by atoms with E-state index in [9.17, 15) is 9.59 Å². The zero-order valence-electron chi connectivity index (χ0n) is 20.7. The first-order valence-electron chi connectivity index (χ1n) is 12.6. The van der Waals surface area contributed by atoms with Crippen LogP contribution in [0.15, 0.2) is 97.3 Å². The molecule has 37 heavy (non-hydrogen) atoms. The van der Waals surface area contributed by atoms with Crippen molar-refractivity contribution >= 4 is 23.2 Å². The van der Waals surface area contributed by atoms with Crippen molar-refractivity contribution in [1.29, 1.82) is 0 Å². The van der Waals surface area contributed by atoms with Crippen LogP contribution in [-0.2, 0) is 30.7 Å². The quantitative estimate of drug-likeness (QED) is 0.358. The Kier molecular flexibility index (Phi) is 7.55. The highest BCUT2D eigenvalue weighted by molar-refractivity contribution is 6.02. The van der Waals surface area contributed by atoms with E-state index in [2.05, 4.69) is 44.8 Å². The second-order valence-corrected chi connectivity index (χ2v) is 9.25. The number of benzene rings is 3. The van der Waals surface area contributed by atoms with Crippen molar-refractivity contribution in [3.8, 4) is 0 Å². The van der Waals surface area contributed by atoms with Crippen LogP contribution >= 0.6 is 0 Å². The van der Waals surface area contributed by atoms with Gasteiger partial charge in [0, 0.05) is 49.8 Å². The Morgan fingerprint density at radius 3 is 2.46 bits per heavy atom. The highest BCUT2D eigenvalue weighted by atomic mass is 16.2. The van der Waals surface area contributed by atoms with Crippen LogP contribution in [0, 0.1) is 0 Å². The molecule has 0 bridgehead atoms. The molecule has 1 aromatic heterocycles. The number of hydrogen-bond acceptors (Lipinski definition) is 4. The topological polar surface area (TPSA) is 74.3 Å². The minimum atomic E-state index is -0.182. The van der Waals surface area contributed by atoms with E-state index in [1.54, 1.807) is 18.5 Å². The number of aryl methyl sites for hydroxylation is 1. The van der Waals surface area contributed by atoms with E-state index < -0.39 is 0 Å². The molecule has 2 N–H and O–H groups in total. The van der Waals surface area contributed by atoms with Crippen molar-refractivity contribution in [3.63, 3.8) is 0 Å². The molecule has 4 aromatic rings. The number of carbonyl (C=O) groups is 2. The van der Waals surface area contributed by atoms with Crippen molar-refractivity contribution in [3.05, 3.63) is 125 Å². The molecule has 3 aromatic carbocycles. The zero-order valence-corrected chi connectivity index (χ0v) is 20.7. The number of carbonyl (C=O) groups excluding carboxylic acids is 2. The lowest BCUT2D eigenvalue weighted by Crippen LogP contribution is -2.33. The number of aromatic nitrogens is 1. The van der Waals surface area contributed by atoms with Crippen LogP contribution in [0.2, 0.25) is 0 Å². The first-order valence-corrected chi connectivity index (χ1v) is 12.6. The van der Waals surface area contributed by atoms with Gasteiger partial charge >= 0.3 is 0 Å². The molecule has 0 fully saturated rings. The van der Waals surface area contributed by atoms with Gasteiger partial charge in [-0.2, -0.15) is 0 Å². The highest BCUT2D eigenvalue weighted by Crippen LogP contribution is 2.30. The third-order valence-electron chi connectivity index (χ3n) is 6.66. The summed E-state index contributed by atoms with van der Waals surface area (Å²) in [7, 11) is 0. The van der Waals surface area contributed by atoms with Gasteiger partial charge in [0.05, 0.1) is 5.56 Å². The standard InChI is InChI=1S/C31H30N4O2/c36-30(15-12-23-7-2-1-3-8-23)34-27-13-14-29(35-18-16-25-10-4-5-11-26(25)22-35)28(19-27)31(37)33-21-24-9-6-17-32-20-24/h1-11,13-14,17,19-20H,12,15-16,18,21-22H2,(H,33,37)(H,34,36). The van der Waals surface area contributed by atoms with E-state index in [1.165, 1.54) is 11.1 Å². The van der Waals surface area contributed by atoms with Crippen LogP contribution in [-0.4, -0.2) is 23.3 Å². The molecule has 0 atom stereocenters. The monoisotopic (exact) mass is 490 g/mol. The van der Waals surface area contributed by atoms with Crippen LogP contribution in [0.25, 0.3) is 0 Å². The van der Waals surface area contributed by atoms with E-state index in [1.807, 2.05) is 54.6 Å². The number of amides is 2. The van der Waals surface area contributed by atoms with E-state index in [0.717, 1.165) is 36.3 Å². The molecule has 0 aliphatic carbocycles. The lowest BCUT2D eigenvalue weighted by atomic mass is 9.98. The van der Waals surface area contributed by atoms with Gasteiger partial charge in [0.15, 0.2) is 0 Å². The number of nitrogens with zero attached hydrogens (tertiary/aromatic N) is 2. The predicted molar refractivity (Wildman–Crippen MR) is 146 cm³/mol. The molecule has 2 heterocycles. The van der Waals surface area contributed by atoms with Crippen molar-refractivity contribution < 1.29 is 9.59 Å². The maximum atomic E-state index is 13.4. The Bertz CT molecular complexity index is 1370. The fourth-order valence-electron chi connectivity index (χ4n) is 4.68. The van der Waals surface area contributed by atoms with Gasteiger partial charge in [0.1, 0.15) is 0 Å². The van der Waals surface area contributed by atoms with E-state index in [0.29, 0.717) is 30.6 Å². The highest BCUT2D eigenvalue weighted by Gasteiger charge is 2.22. The number of pyridine rings is 1. The SMILES string of the molecule is O=C(CCc1ccccc1)Nc1ccc(N2CCc3ccccc3C2)c(C(=O)NCc2cccnc2)c1. The fourth-order valence-corrected chi connectivity index (χ4v) is 4.68. The summed E-state index contributed by atoms with van der Waals surface area (Å²) in [6, 6.07) is 27.8. The Labute approximate surface area is 217 Å². The summed E-state index contributed by atoms with van der Waals surface area (Å²) in [4.78, 5) is 32.4. The van der Waals surface area contributed by atoms with Crippen LogP contribution in [0.1, 0.15) is 39.0 Å². The van der Waals surface area contributed by atoms with Crippen molar-refractivity contribution in [2.45, 2.75) is 32.4 Å². The van der Waals surface area contributed by atoms with Gasteiger partial charge in [0.25, 0.3) is 5.91 Å². The molecular weight excluding hydrogens is 460 g/mol. The molecule has 2 amide bonds. The van der Waals surface area contributed by atoms with Crippen molar-refractivity contribution in [2.24, 2.45) is 0 Å². The molecule has 6 heteroatoms. The summed E-state index contributed by atoms with van der Waals surface area (Å²) in [6.45, 7) is 1.94. The van der Waals surface area contributed by atoms with Crippen LogP contribution in [0.5, 0.6) is 0 Å². The van der Waals surface area contributed by atoms with E-state index in [-0.39, 0.29) is 11.8 Å². The first kappa shape index (κ1) is 24.3. The minimum absolute atomic E-state index is 0.0785. The Hall–Kier alpha value is -4.45. The number of fused-ring (bicyclic) bond motifs is 1. The van der Waals surface area contributed by atoms with Gasteiger partial charge < -0.3 is 15.5 Å². The molecule has 0 saturated carbocycles. The summed E-state index contributed by atoms with van der Waals surface area (Å²) in [5, 5.41) is 6.00. The molecule has 0 radical (unpaired) electrons. The smallest absolute Gasteiger partial charge is 0.253 e. The van der Waals surface area contributed by atoms with Gasteiger partial charge in [-0.15, -0.1) is 0 Å². The van der Waals surface area contributed by atoms with Crippen molar-refractivity contribution in [1.82, 2.24) is 10.3 Å². The second-order valence-electron chi connectivity index (χ2n) is 9.25. The van der Waals surface area contributed by atoms with Gasteiger partial charge in [0.2, 0.25) is 5.91 Å². The van der Waals surface area contributed by atoms with Crippen LogP contribution in [0.4, 0.5) is 11.4 Å². The number of nitrogens with one attached hydrogen (secondary N) is 2. The molecule has 0 saturated heterocycles. The van der Waals surface area contributed by atoms with E-state index >= 15 is 0 Å². The third-order valence-corrected chi connectivity index (χ3v) is 6.66. The molecule has 1 aliphatic rings. The summed E-state index contributed by atoms with van der Waals surface area (Å²) in [5.74, 6) is -0.261. The Morgan fingerprint density at radius 1 is 0.865 bits per heavy atom. The molecule has 186 valence electrons. The summed E-state index contributed by atoms with van der Waals surface area (Å²) < 4.78 is 0. The molecule has 0 unspecified atom stereocenters. The number of rotatable bonds is 8. The number of anilines is 2. The third kappa shape index (κ3) is 6.22. The lowest BCUT2D eigenvalue weighted by molar-refractivity contribution is -0.116. The Balaban J connectivity index is 1.34. The van der Waals surface area contributed by atoms with Gasteiger partial charge in [-0.3, -0.25) is 14.6 Å². The predicted octanol–water partition coefficient (Wildman–Crippen LogP) is 5.15. The maximum Gasteiger partial charge on any atom is 0.253 e. The summed E-state index contributed by atoms with van der Waals surface area (Å²) in [5.41, 5.74) is 6.69. The maximum absolute atomic E-state index is 13.4. The summed E-state index contributed by atoms with van der Waals surface area (Å²) >= 11 is 0. The molecule has 1 aliphatic heterocycles. The zero-order chi connectivity index (χ0) is 25.5. The minimum Gasteiger partial charge on any atom is -0.366 e. The summed E-state index contributed by atoms with van der Waals surface area (Å²) in [6.07, 6.45) is 5.41. The Morgan fingerprint density at radius 2 is 1.65 bits per heavy atom. The van der Waals surface area contributed by atoms with E-state index in [4.69, 9.17) is 0 Å². The number of hydrogen-bond donors (Lipinski definition) is 2. The molecular formula is C31H30N4O2. The van der Waals surface area contributed by atoms with Crippen LogP contribution in [0.3, 0.4) is 0 Å². The fraction of sp³-hybridized carbons (Fsp3) is 0.194. The first-order chi connectivity index (χ1) is 18.2. The van der Waals surface area contributed by atoms with Gasteiger partial charge in [-0.05, 0) is 59.4 Å². The molecule has 6 nitrogen and oxygen atoms in total. The molecule has 0 spiro atoms. The van der Waals surface area contributed by atoms with Gasteiger partial charge in [-0.1, -0.05) is 60.7 Å². The normalized spacial score (nSPS) is 12.5. The van der Waals surface area contributed by atoms with Crippen LogP contribution < -0.4 is 15.5 Å². The largest absolute Gasteiger partial charge is 0.366 e. The average molecular weight is 491 g/mol.